The lowest BCUT2D eigenvalue weighted by atomic mass is 9.97. The van der Waals surface area contributed by atoms with Crippen molar-refractivity contribution in [3.8, 4) is 0 Å². The van der Waals surface area contributed by atoms with Crippen LogP contribution in [0.1, 0.15) is 40.0 Å². The van der Waals surface area contributed by atoms with Crippen molar-refractivity contribution in [3.63, 3.8) is 0 Å². The second-order valence-corrected chi connectivity index (χ2v) is 7.31. The van der Waals surface area contributed by atoms with Crippen LogP contribution in [0.5, 0.6) is 0 Å². The maximum Gasteiger partial charge on any atom is 0.257 e. The topological polar surface area (TPSA) is 52.7 Å². The first-order valence-electron chi connectivity index (χ1n) is 8.90. The van der Waals surface area contributed by atoms with Gasteiger partial charge in [-0.25, -0.2) is 4.39 Å². The molecule has 2 heterocycles. The monoisotopic (exact) mass is 387 g/mol. The third-order valence-corrected chi connectivity index (χ3v) is 5.52. The predicted molar refractivity (Wildman–Crippen MR) is 103 cm³/mol. The zero-order chi connectivity index (χ0) is 19.1. The van der Waals surface area contributed by atoms with Crippen LogP contribution in [0.15, 0.2) is 36.4 Å². The average Bonchev–Trinajstić information content (AvgIpc) is 2.68. The van der Waals surface area contributed by atoms with Crippen molar-refractivity contribution in [2.45, 2.75) is 25.4 Å². The van der Waals surface area contributed by atoms with E-state index in [-0.39, 0.29) is 23.0 Å². The lowest BCUT2D eigenvalue weighted by Gasteiger charge is -2.46. The third kappa shape index (κ3) is 3.14. The molecular formula is C20H19ClFN3O2. The van der Waals surface area contributed by atoms with Crippen LogP contribution in [-0.4, -0.2) is 36.5 Å². The lowest BCUT2D eigenvalue weighted by Crippen LogP contribution is -2.55. The zero-order valence-electron chi connectivity index (χ0n) is 14.8. The Morgan fingerprint density at radius 1 is 1.22 bits per heavy atom. The number of carbonyl (C=O) groups excluding carboxylic acids is 2. The van der Waals surface area contributed by atoms with Crippen molar-refractivity contribution >= 4 is 34.8 Å². The number of nitrogens with zero attached hydrogens (tertiary/aromatic N) is 2. The van der Waals surface area contributed by atoms with Gasteiger partial charge in [0.1, 0.15) is 12.0 Å². The summed E-state index contributed by atoms with van der Waals surface area (Å²) in [5, 5.41) is 2.66. The maximum atomic E-state index is 13.3. The van der Waals surface area contributed by atoms with Crippen LogP contribution in [0.3, 0.4) is 0 Å². The normalized spacial score (nSPS) is 18.8. The summed E-state index contributed by atoms with van der Waals surface area (Å²) in [6.07, 6.45) is 3.06. The summed E-state index contributed by atoms with van der Waals surface area (Å²) < 4.78 is 13.3. The van der Waals surface area contributed by atoms with E-state index < -0.39 is 5.82 Å². The number of amides is 2. The molecule has 0 bridgehead atoms. The summed E-state index contributed by atoms with van der Waals surface area (Å²) in [5.74, 6) is -0.863. The first kappa shape index (κ1) is 17.8. The van der Waals surface area contributed by atoms with Gasteiger partial charge in [-0.2, -0.15) is 0 Å². The van der Waals surface area contributed by atoms with E-state index in [1.165, 1.54) is 18.2 Å². The average molecular weight is 388 g/mol. The second-order valence-electron chi connectivity index (χ2n) is 6.90. The Hall–Kier alpha value is -2.60. The molecule has 0 spiro atoms. The largest absolute Gasteiger partial charge is 0.354 e. The summed E-state index contributed by atoms with van der Waals surface area (Å²) >= 11 is 5.76. The molecule has 1 atom stereocenters. The molecule has 7 heteroatoms. The number of rotatable bonds is 2. The number of hydrogen-bond donors (Lipinski definition) is 1. The molecule has 1 fully saturated rings. The van der Waals surface area contributed by atoms with Gasteiger partial charge < -0.3 is 15.1 Å². The van der Waals surface area contributed by atoms with Gasteiger partial charge in [0.2, 0.25) is 0 Å². The Labute approximate surface area is 161 Å². The summed E-state index contributed by atoms with van der Waals surface area (Å²) in [4.78, 5) is 29.4. The number of anilines is 2. The minimum Gasteiger partial charge on any atom is -0.354 e. The first-order chi connectivity index (χ1) is 13.0. The fourth-order valence-electron chi connectivity index (χ4n) is 3.79. The van der Waals surface area contributed by atoms with Crippen LogP contribution in [0.4, 0.5) is 15.8 Å². The molecule has 2 amide bonds. The van der Waals surface area contributed by atoms with E-state index >= 15 is 0 Å². The lowest BCUT2D eigenvalue weighted by molar-refractivity contribution is 0.0589. The molecule has 2 aromatic rings. The van der Waals surface area contributed by atoms with E-state index in [9.17, 15) is 14.0 Å². The maximum absolute atomic E-state index is 13.3. The standard InChI is InChI=1S/C20H19ClFN3O2/c1-24-17-10-12(19(26)23-13-6-8-16(22)15(21)11-13)5-7-14(17)20(27)25-9-3-2-4-18(24)25/h5-8,10-11,18H,2-4,9H2,1H3,(H,23,26)/t18-/m1/s1. The Kier molecular flexibility index (Phi) is 4.52. The van der Waals surface area contributed by atoms with E-state index in [1.54, 1.807) is 18.2 Å². The highest BCUT2D eigenvalue weighted by Gasteiger charge is 2.37. The van der Waals surface area contributed by atoms with Crippen LogP contribution in [0.25, 0.3) is 0 Å². The van der Waals surface area contributed by atoms with Gasteiger partial charge in [0, 0.05) is 24.8 Å². The van der Waals surface area contributed by atoms with Gasteiger partial charge in [0.05, 0.1) is 16.3 Å². The van der Waals surface area contributed by atoms with E-state index in [4.69, 9.17) is 11.6 Å². The number of nitrogens with one attached hydrogen (secondary N) is 1. The van der Waals surface area contributed by atoms with Crippen molar-refractivity contribution < 1.29 is 14.0 Å². The zero-order valence-corrected chi connectivity index (χ0v) is 15.6. The van der Waals surface area contributed by atoms with Gasteiger partial charge in [0.25, 0.3) is 11.8 Å². The number of hydrogen-bond acceptors (Lipinski definition) is 3. The van der Waals surface area contributed by atoms with Gasteiger partial charge in [-0.3, -0.25) is 9.59 Å². The predicted octanol–water partition coefficient (Wildman–Crippen LogP) is 4.13. The van der Waals surface area contributed by atoms with E-state index in [1.807, 2.05) is 11.9 Å². The first-order valence-corrected chi connectivity index (χ1v) is 9.28. The molecule has 1 N–H and O–H groups in total. The van der Waals surface area contributed by atoms with Gasteiger partial charge >= 0.3 is 0 Å². The third-order valence-electron chi connectivity index (χ3n) is 5.23. The molecule has 4 rings (SSSR count). The number of benzene rings is 2. The highest BCUT2D eigenvalue weighted by molar-refractivity contribution is 6.31. The Morgan fingerprint density at radius 2 is 2.04 bits per heavy atom. The Morgan fingerprint density at radius 3 is 2.81 bits per heavy atom. The molecule has 0 aromatic heterocycles. The van der Waals surface area contributed by atoms with Crippen LogP contribution in [0.2, 0.25) is 5.02 Å². The van der Waals surface area contributed by atoms with E-state index in [2.05, 4.69) is 10.2 Å². The van der Waals surface area contributed by atoms with Crippen molar-refractivity contribution in [2.75, 3.05) is 23.8 Å². The van der Waals surface area contributed by atoms with Crippen LogP contribution in [-0.2, 0) is 0 Å². The van der Waals surface area contributed by atoms with Gasteiger partial charge in [-0.05, 0) is 55.7 Å². The highest BCUT2D eigenvalue weighted by Crippen LogP contribution is 2.35. The molecule has 27 heavy (non-hydrogen) atoms. The summed E-state index contributed by atoms with van der Waals surface area (Å²) in [7, 11) is 1.95. The van der Waals surface area contributed by atoms with Crippen molar-refractivity contribution in [3.05, 3.63) is 58.4 Å². The van der Waals surface area contributed by atoms with E-state index in [0.717, 1.165) is 31.5 Å². The Bertz CT molecular complexity index is 933. The quantitative estimate of drug-likeness (QED) is 0.842. The molecular weight excluding hydrogens is 369 g/mol. The minimum absolute atomic E-state index is 0.0186. The second kappa shape index (κ2) is 6.85. The molecule has 0 saturated carbocycles. The molecule has 2 aliphatic heterocycles. The van der Waals surface area contributed by atoms with Gasteiger partial charge in [0.15, 0.2) is 0 Å². The molecule has 2 aliphatic rings. The van der Waals surface area contributed by atoms with Gasteiger partial charge in [-0.15, -0.1) is 0 Å². The summed E-state index contributed by atoms with van der Waals surface area (Å²) in [6.45, 7) is 0.765. The number of halogens is 2. The number of fused-ring (bicyclic) bond motifs is 2. The fourth-order valence-corrected chi connectivity index (χ4v) is 3.97. The molecule has 140 valence electrons. The molecule has 0 unspecified atom stereocenters. The molecule has 0 radical (unpaired) electrons. The Balaban J connectivity index is 1.62. The van der Waals surface area contributed by atoms with Crippen LogP contribution in [0, 0.1) is 5.82 Å². The minimum atomic E-state index is -0.541. The number of carbonyl (C=O) groups is 2. The van der Waals surface area contributed by atoms with Crippen molar-refractivity contribution in [1.29, 1.82) is 0 Å². The molecule has 0 aliphatic carbocycles. The van der Waals surface area contributed by atoms with Crippen LogP contribution >= 0.6 is 11.6 Å². The van der Waals surface area contributed by atoms with Crippen molar-refractivity contribution in [1.82, 2.24) is 4.90 Å². The molecule has 5 nitrogen and oxygen atoms in total. The van der Waals surface area contributed by atoms with Crippen LogP contribution < -0.4 is 10.2 Å². The smallest absolute Gasteiger partial charge is 0.257 e. The highest BCUT2D eigenvalue weighted by atomic mass is 35.5. The summed E-state index contributed by atoms with van der Waals surface area (Å²) in [5.41, 5.74) is 2.20. The van der Waals surface area contributed by atoms with E-state index in [0.29, 0.717) is 16.8 Å². The molecule has 2 aromatic carbocycles. The van der Waals surface area contributed by atoms with Crippen molar-refractivity contribution in [2.24, 2.45) is 0 Å². The fraction of sp³-hybridized carbons (Fsp3) is 0.300. The summed E-state index contributed by atoms with van der Waals surface area (Å²) in [6, 6.07) is 9.09. The SMILES string of the molecule is CN1c2cc(C(=O)Nc3ccc(F)c(Cl)c3)ccc2C(=O)N2CCCC[C@@H]21. The number of piperidine rings is 1. The van der Waals surface area contributed by atoms with Gasteiger partial charge in [-0.1, -0.05) is 11.6 Å². The molecule has 1 saturated heterocycles.